The number of urea groups is 1. The Kier molecular flexibility index (Phi) is 4.78. The number of carbonyl (C=O) groups is 2. The quantitative estimate of drug-likeness (QED) is 0.852. The molecule has 2 amide bonds. The highest BCUT2D eigenvalue weighted by atomic mass is 19.3. The van der Waals surface area contributed by atoms with Gasteiger partial charge >= 0.3 is 18.6 Å². The van der Waals surface area contributed by atoms with E-state index < -0.39 is 18.0 Å². The number of hydrogen-bond donors (Lipinski definition) is 2. The normalized spacial score (nSPS) is 25.1. The van der Waals surface area contributed by atoms with Crippen molar-refractivity contribution in [1.82, 2.24) is 10.2 Å². The van der Waals surface area contributed by atoms with E-state index in [2.05, 4.69) is 10.1 Å². The van der Waals surface area contributed by atoms with Crippen LogP contribution in [0.5, 0.6) is 5.75 Å². The van der Waals surface area contributed by atoms with E-state index >= 15 is 0 Å². The number of rotatable bonds is 5. The molecular formula is C17H20F2N2O4. The van der Waals surface area contributed by atoms with Crippen LogP contribution in [0.3, 0.4) is 0 Å². The summed E-state index contributed by atoms with van der Waals surface area (Å²) in [6.07, 6.45) is 2.26. The molecule has 1 saturated carbocycles. The largest absolute Gasteiger partial charge is 0.481 e. The van der Waals surface area contributed by atoms with Crippen molar-refractivity contribution in [3.05, 3.63) is 29.8 Å². The van der Waals surface area contributed by atoms with Gasteiger partial charge in [0.05, 0.1) is 5.41 Å². The third kappa shape index (κ3) is 3.38. The van der Waals surface area contributed by atoms with E-state index in [4.69, 9.17) is 0 Å². The number of nitrogens with zero attached hydrogens (tertiary/aromatic N) is 1. The van der Waals surface area contributed by atoms with Gasteiger partial charge in [0.25, 0.3) is 0 Å². The SMILES string of the molecule is O=C(NCc1ccccc1OC(F)F)N1C[C@@H]2CCC[C@@]2(C(=O)O)C1. The molecule has 1 aliphatic carbocycles. The Labute approximate surface area is 143 Å². The topological polar surface area (TPSA) is 78.9 Å². The van der Waals surface area contributed by atoms with Crippen molar-refractivity contribution >= 4 is 12.0 Å². The number of fused-ring (bicyclic) bond motifs is 1. The van der Waals surface area contributed by atoms with Gasteiger partial charge in [-0.15, -0.1) is 0 Å². The van der Waals surface area contributed by atoms with Crippen LogP contribution in [0.25, 0.3) is 0 Å². The first-order valence-electron chi connectivity index (χ1n) is 8.21. The number of alkyl halides is 2. The van der Waals surface area contributed by atoms with Gasteiger partial charge in [0.1, 0.15) is 5.75 Å². The van der Waals surface area contributed by atoms with E-state index in [0.29, 0.717) is 18.5 Å². The Morgan fingerprint density at radius 1 is 1.40 bits per heavy atom. The zero-order chi connectivity index (χ0) is 18.0. The van der Waals surface area contributed by atoms with Crippen LogP contribution >= 0.6 is 0 Å². The number of amides is 2. The third-order valence-electron chi connectivity index (χ3n) is 5.20. The number of benzene rings is 1. The minimum absolute atomic E-state index is 0.0121. The molecule has 1 aromatic rings. The summed E-state index contributed by atoms with van der Waals surface area (Å²) in [5.41, 5.74) is -0.405. The van der Waals surface area contributed by atoms with Crippen LogP contribution in [-0.4, -0.2) is 41.7 Å². The number of carbonyl (C=O) groups excluding carboxylic acids is 1. The molecule has 25 heavy (non-hydrogen) atoms. The summed E-state index contributed by atoms with van der Waals surface area (Å²) in [6, 6.07) is 5.85. The van der Waals surface area contributed by atoms with Gasteiger partial charge < -0.3 is 20.1 Å². The molecule has 0 spiro atoms. The number of carboxylic acid groups (broad SMARTS) is 1. The van der Waals surface area contributed by atoms with Gasteiger partial charge in [0, 0.05) is 25.2 Å². The predicted octanol–water partition coefficient (Wildman–Crippen LogP) is 2.68. The lowest BCUT2D eigenvalue weighted by Gasteiger charge is -2.23. The maximum Gasteiger partial charge on any atom is 0.387 e. The summed E-state index contributed by atoms with van der Waals surface area (Å²) < 4.78 is 29.3. The van der Waals surface area contributed by atoms with Crippen molar-refractivity contribution < 1.29 is 28.2 Å². The molecule has 1 aromatic carbocycles. The minimum atomic E-state index is -2.94. The Bertz CT molecular complexity index is 670. The number of hydrogen-bond acceptors (Lipinski definition) is 3. The van der Waals surface area contributed by atoms with Crippen LogP contribution in [0.2, 0.25) is 0 Å². The highest BCUT2D eigenvalue weighted by Crippen LogP contribution is 2.48. The smallest absolute Gasteiger partial charge is 0.387 e. The van der Waals surface area contributed by atoms with Crippen LogP contribution in [-0.2, 0) is 11.3 Å². The van der Waals surface area contributed by atoms with Gasteiger partial charge in [-0.2, -0.15) is 8.78 Å². The average Bonchev–Trinajstić information content (AvgIpc) is 3.11. The first-order chi connectivity index (χ1) is 11.9. The van der Waals surface area contributed by atoms with E-state index in [1.165, 1.54) is 11.0 Å². The average molecular weight is 354 g/mol. The van der Waals surface area contributed by atoms with Crippen molar-refractivity contribution in [2.45, 2.75) is 32.4 Å². The van der Waals surface area contributed by atoms with Crippen molar-refractivity contribution in [2.75, 3.05) is 13.1 Å². The summed E-state index contributed by atoms with van der Waals surface area (Å²) in [6.45, 7) is -2.31. The standard InChI is InChI=1S/C17H20F2N2O4/c18-15(19)25-13-6-2-1-4-11(13)8-20-16(24)21-9-12-5-3-7-17(12,10-21)14(22)23/h1-2,4,6,12,15H,3,5,7-10H2,(H,20,24)(H,22,23)/t12-,17+/m0/s1. The summed E-state index contributed by atoms with van der Waals surface area (Å²) in [7, 11) is 0. The molecule has 1 heterocycles. The molecule has 0 bridgehead atoms. The maximum atomic E-state index is 12.4. The van der Waals surface area contributed by atoms with Gasteiger partial charge in [-0.3, -0.25) is 4.79 Å². The molecule has 136 valence electrons. The molecular weight excluding hydrogens is 334 g/mol. The van der Waals surface area contributed by atoms with Crippen LogP contribution in [0.1, 0.15) is 24.8 Å². The second kappa shape index (κ2) is 6.85. The van der Waals surface area contributed by atoms with Crippen LogP contribution in [0, 0.1) is 11.3 Å². The third-order valence-corrected chi connectivity index (χ3v) is 5.20. The number of likely N-dealkylation sites (tertiary alicyclic amines) is 1. The number of para-hydroxylation sites is 1. The van der Waals surface area contributed by atoms with Gasteiger partial charge in [0.15, 0.2) is 0 Å². The highest BCUT2D eigenvalue weighted by Gasteiger charge is 2.55. The first kappa shape index (κ1) is 17.4. The van der Waals surface area contributed by atoms with Crippen LogP contribution < -0.4 is 10.1 Å². The molecule has 1 aliphatic heterocycles. The molecule has 2 aliphatic rings. The molecule has 0 aromatic heterocycles. The fourth-order valence-corrected chi connectivity index (χ4v) is 3.94. The second-order valence-electron chi connectivity index (χ2n) is 6.58. The first-order valence-corrected chi connectivity index (χ1v) is 8.21. The van der Waals surface area contributed by atoms with Gasteiger partial charge in [-0.05, 0) is 24.8 Å². The molecule has 8 heteroatoms. The Balaban J connectivity index is 1.62. The van der Waals surface area contributed by atoms with Crippen molar-refractivity contribution in [2.24, 2.45) is 11.3 Å². The summed E-state index contributed by atoms with van der Waals surface area (Å²) in [5, 5.41) is 12.2. The minimum Gasteiger partial charge on any atom is -0.481 e. The molecule has 3 rings (SSSR count). The van der Waals surface area contributed by atoms with E-state index in [-0.39, 0.29) is 30.8 Å². The van der Waals surface area contributed by atoms with E-state index in [9.17, 15) is 23.5 Å². The second-order valence-corrected chi connectivity index (χ2v) is 6.58. The predicted molar refractivity (Wildman–Crippen MR) is 84.3 cm³/mol. The van der Waals surface area contributed by atoms with E-state index in [1.54, 1.807) is 18.2 Å². The molecule has 2 N–H and O–H groups in total. The molecule has 6 nitrogen and oxygen atoms in total. The summed E-state index contributed by atoms with van der Waals surface area (Å²) >= 11 is 0. The molecule has 2 fully saturated rings. The lowest BCUT2D eigenvalue weighted by atomic mass is 9.81. The van der Waals surface area contributed by atoms with E-state index in [0.717, 1.165) is 12.8 Å². The number of halogens is 2. The zero-order valence-electron chi connectivity index (χ0n) is 13.6. The number of carboxylic acids is 1. The van der Waals surface area contributed by atoms with Crippen molar-refractivity contribution in [1.29, 1.82) is 0 Å². The van der Waals surface area contributed by atoms with Crippen molar-refractivity contribution in [3.8, 4) is 5.75 Å². The lowest BCUT2D eigenvalue weighted by Crippen LogP contribution is -2.41. The number of aliphatic carboxylic acids is 1. The summed E-state index contributed by atoms with van der Waals surface area (Å²) in [5.74, 6) is -0.857. The highest BCUT2D eigenvalue weighted by molar-refractivity contribution is 5.80. The Morgan fingerprint density at radius 3 is 2.84 bits per heavy atom. The Hall–Kier alpha value is -2.38. The number of ether oxygens (including phenoxy) is 1. The van der Waals surface area contributed by atoms with Crippen LogP contribution in [0.15, 0.2) is 24.3 Å². The molecule has 0 radical (unpaired) electrons. The molecule has 2 atom stereocenters. The fourth-order valence-electron chi connectivity index (χ4n) is 3.94. The van der Waals surface area contributed by atoms with E-state index in [1.807, 2.05) is 0 Å². The molecule has 0 unspecified atom stereocenters. The summed E-state index contributed by atoms with van der Waals surface area (Å²) in [4.78, 5) is 25.5. The molecule has 1 saturated heterocycles. The Morgan fingerprint density at radius 2 is 2.16 bits per heavy atom. The number of nitrogens with one attached hydrogen (secondary N) is 1. The van der Waals surface area contributed by atoms with Gasteiger partial charge in [0.2, 0.25) is 0 Å². The zero-order valence-corrected chi connectivity index (χ0v) is 13.6. The van der Waals surface area contributed by atoms with Gasteiger partial charge in [-0.25, -0.2) is 4.79 Å². The van der Waals surface area contributed by atoms with Crippen LogP contribution in [0.4, 0.5) is 13.6 Å². The lowest BCUT2D eigenvalue weighted by molar-refractivity contribution is -0.149. The van der Waals surface area contributed by atoms with Crippen molar-refractivity contribution in [3.63, 3.8) is 0 Å². The monoisotopic (exact) mass is 354 g/mol. The fraction of sp³-hybridized carbons (Fsp3) is 0.529. The maximum absolute atomic E-state index is 12.4. The van der Waals surface area contributed by atoms with Gasteiger partial charge in [-0.1, -0.05) is 24.6 Å².